The van der Waals surface area contributed by atoms with E-state index < -0.39 is 34.0 Å². The minimum absolute atomic E-state index is 0.0596. The summed E-state index contributed by atoms with van der Waals surface area (Å²) in [5, 5.41) is 2.25. The van der Waals surface area contributed by atoms with Gasteiger partial charge in [0.25, 0.3) is 5.91 Å². The van der Waals surface area contributed by atoms with Gasteiger partial charge >= 0.3 is 6.03 Å². The fourth-order valence-corrected chi connectivity index (χ4v) is 4.57. The fourth-order valence-electron chi connectivity index (χ4n) is 3.20. The number of hydrogen-bond acceptors (Lipinski definition) is 5. The number of rotatable bonds is 12. The Balaban J connectivity index is 1.80. The predicted octanol–water partition coefficient (Wildman–Crippen LogP) is 2.95. The average molecular weight is 458 g/mol. The summed E-state index contributed by atoms with van der Waals surface area (Å²) in [7, 11) is -3.54. The van der Waals surface area contributed by atoms with Crippen LogP contribution in [0.5, 0.6) is 5.75 Å². The van der Waals surface area contributed by atoms with Gasteiger partial charge in [-0.1, -0.05) is 26.3 Å². The predicted molar refractivity (Wildman–Crippen MR) is 116 cm³/mol. The van der Waals surface area contributed by atoms with Gasteiger partial charge in [0.1, 0.15) is 6.04 Å². The summed E-state index contributed by atoms with van der Waals surface area (Å²) in [4.78, 5) is 24.5. The Morgan fingerprint density at radius 2 is 1.90 bits per heavy atom. The molecule has 1 unspecified atom stereocenters. The number of hydrogen-bond donors (Lipinski definition) is 2. The van der Waals surface area contributed by atoms with Crippen LogP contribution < -0.4 is 14.8 Å². The van der Waals surface area contributed by atoms with Crippen molar-refractivity contribution in [2.45, 2.75) is 59.0 Å². The molecule has 1 fully saturated rings. The lowest BCUT2D eigenvalue weighted by Gasteiger charge is -2.18. The topological polar surface area (TPSA) is 105 Å². The van der Waals surface area contributed by atoms with Crippen molar-refractivity contribution in [3.05, 3.63) is 29.6 Å². The second-order valence-electron chi connectivity index (χ2n) is 8.28. The summed E-state index contributed by atoms with van der Waals surface area (Å²) in [5.74, 6) is -0.513. The number of halogens is 1. The lowest BCUT2D eigenvalue weighted by atomic mass is 10.1. The number of urea groups is 1. The van der Waals surface area contributed by atoms with Crippen LogP contribution in [0.3, 0.4) is 0 Å². The first kappa shape index (κ1) is 25.1. The van der Waals surface area contributed by atoms with Gasteiger partial charge < -0.3 is 9.64 Å². The second-order valence-corrected chi connectivity index (χ2v) is 10.2. The van der Waals surface area contributed by atoms with Gasteiger partial charge in [0.15, 0.2) is 11.6 Å². The zero-order valence-electron chi connectivity index (χ0n) is 18.5. The van der Waals surface area contributed by atoms with Gasteiger partial charge in [-0.2, -0.15) is 0 Å². The standard InChI is InChI=1S/C21H32FN3O5S/c1-14(2)13-30-19-12-17(8-9-18(19)22)15(3)24-31(28,29)11-7-5-6-10-25-16(4)20(26)23-21(25)27/h8-9,12,14-16,24H,5-7,10-11,13H2,1-4H3,(H,23,26,27)/t15-,16?/m1/s1. The van der Waals surface area contributed by atoms with Crippen LogP contribution in [0.2, 0.25) is 0 Å². The first-order valence-electron chi connectivity index (χ1n) is 10.5. The Morgan fingerprint density at radius 3 is 2.52 bits per heavy atom. The smallest absolute Gasteiger partial charge is 0.324 e. The third kappa shape index (κ3) is 7.46. The number of ether oxygens (including phenoxy) is 1. The highest BCUT2D eigenvalue weighted by Gasteiger charge is 2.34. The molecular weight excluding hydrogens is 425 g/mol. The van der Waals surface area contributed by atoms with Crippen molar-refractivity contribution in [1.29, 1.82) is 0 Å². The zero-order chi connectivity index (χ0) is 23.2. The molecule has 3 amide bonds. The quantitative estimate of drug-likeness (QED) is 0.371. The van der Waals surface area contributed by atoms with Crippen molar-refractivity contribution in [3.8, 4) is 5.75 Å². The van der Waals surface area contributed by atoms with Gasteiger partial charge in [-0.05, 0) is 50.3 Å². The van der Waals surface area contributed by atoms with E-state index in [1.807, 2.05) is 13.8 Å². The summed E-state index contributed by atoms with van der Waals surface area (Å²) >= 11 is 0. The number of nitrogens with one attached hydrogen (secondary N) is 2. The molecule has 1 heterocycles. The largest absolute Gasteiger partial charge is 0.490 e. The molecule has 2 rings (SSSR count). The maximum atomic E-state index is 13.9. The van der Waals surface area contributed by atoms with Gasteiger partial charge in [0.2, 0.25) is 10.0 Å². The summed E-state index contributed by atoms with van der Waals surface area (Å²) in [6, 6.07) is 2.89. The van der Waals surface area contributed by atoms with Crippen LogP contribution in [0.4, 0.5) is 9.18 Å². The van der Waals surface area contributed by atoms with Crippen LogP contribution in [0.1, 0.15) is 58.6 Å². The lowest BCUT2D eigenvalue weighted by Crippen LogP contribution is -2.33. The van der Waals surface area contributed by atoms with E-state index in [-0.39, 0.29) is 23.3 Å². The first-order chi connectivity index (χ1) is 14.5. The van der Waals surface area contributed by atoms with Gasteiger partial charge in [0, 0.05) is 12.6 Å². The Hall–Kier alpha value is -2.20. The highest BCUT2D eigenvalue weighted by atomic mass is 32.2. The number of benzene rings is 1. The van der Waals surface area contributed by atoms with Crippen LogP contribution in [-0.4, -0.2) is 50.2 Å². The van der Waals surface area contributed by atoms with Gasteiger partial charge in [-0.25, -0.2) is 22.3 Å². The molecule has 0 aromatic heterocycles. The molecule has 0 bridgehead atoms. The summed E-state index contributed by atoms with van der Waals surface area (Å²) in [5.41, 5.74) is 0.613. The third-order valence-corrected chi connectivity index (χ3v) is 6.57. The van der Waals surface area contributed by atoms with E-state index in [9.17, 15) is 22.4 Å². The van der Waals surface area contributed by atoms with E-state index in [0.29, 0.717) is 38.0 Å². The molecule has 1 aliphatic heterocycles. The minimum atomic E-state index is -3.54. The number of unbranched alkanes of at least 4 members (excludes halogenated alkanes) is 2. The Labute approximate surface area is 183 Å². The van der Waals surface area contributed by atoms with Gasteiger partial charge in [-0.3, -0.25) is 10.1 Å². The molecule has 0 aliphatic carbocycles. The lowest BCUT2D eigenvalue weighted by molar-refractivity contribution is -0.121. The zero-order valence-corrected chi connectivity index (χ0v) is 19.3. The first-order valence-corrected chi connectivity index (χ1v) is 12.2. The van der Waals surface area contributed by atoms with Crippen LogP contribution in [-0.2, 0) is 14.8 Å². The maximum Gasteiger partial charge on any atom is 0.324 e. The van der Waals surface area contributed by atoms with E-state index in [0.717, 1.165) is 0 Å². The number of nitrogens with zero attached hydrogens (tertiary/aromatic N) is 1. The van der Waals surface area contributed by atoms with Crippen LogP contribution >= 0.6 is 0 Å². The summed E-state index contributed by atoms with van der Waals surface area (Å²) in [6.07, 6.45) is 1.63. The molecule has 0 spiro atoms. The summed E-state index contributed by atoms with van der Waals surface area (Å²) < 4.78 is 46.8. The Bertz CT molecular complexity index is 891. The number of imide groups is 1. The molecule has 31 heavy (non-hydrogen) atoms. The fraction of sp³-hybridized carbons (Fsp3) is 0.619. The van der Waals surface area contributed by atoms with E-state index in [4.69, 9.17) is 4.74 Å². The van der Waals surface area contributed by atoms with Crippen molar-refractivity contribution < 1.29 is 27.1 Å². The van der Waals surface area contributed by atoms with Crippen molar-refractivity contribution in [2.75, 3.05) is 18.9 Å². The molecule has 10 heteroatoms. The number of sulfonamides is 1. The third-order valence-electron chi connectivity index (χ3n) is 5.03. The molecule has 2 atom stereocenters. The molecule has 174 valence electrons. The van der Waals surface area contributed by atoms with Crippen molar-refractivity contribution in [3.63, 3.8) is 0 Å². The van der Waals surface area contributed by atoms with Crippen LogP contribution in [0.25, 0.3) is 0 Å². The number of carbonyl (C=O) groups is 2. The second kappa shape index (κ2) is 10.9. The molecule has 1 aliphatic rings. The van der Waals surface area contributed by atoms with Crippen LogP contribution in [0.15, 0.2) is 18.2 Å². The minimum Gasteiger partial charge on any atom is -0.490 e. The highest BCUT2D eigenvalue weighted by Crippen LogP contribution is 2.24. The highest BCUT2D eigenvalue weighted by molar-refractivity contribution is 7.89. The van der Waals surface area contributed by atoms with E-state index >= 15 is 0 Å². The Morgan fingerprint density at radius 1 is 1.19 bits per heavy atom. The molecule has 0 radical (unpaired) electrons. The number of amides is 3. The van der Waals surface area contributed by atoms with Crippen molar-refractivity contribution in [1.82, 2.24) is 14.9 Å². The maximum absolute atomic E-state index is 13.9. The normalized spacial score (nSPS) is 17.9. The van der Waals surface area contributed by atoms with E-state index in [1.54, 1.807) is 13.8 Å². The average Bonchev–Trinajstić information content (AvgIpc) is 2.92. The molecule has 2 N–H and O–H groups in total. The Kier molecular flexibility index (Phi) is 8.81. The van der Waals surface area contributed by atoms with Crippen molar-refractivity contribution >= 4 is 22.0 Å². The molecule has 8 nitrogen and oxygen atoms in total. The molecular formula is C21H32FN3O5S. The molecule has 0 saturated carbocycles. The molecule has 1 aromatic carbocycles. The SMILES string of the molecule is CC(C)COc1cc([C@@H](C)NS(=O)(=O)CCCCCN2C(=O)NC(=O)C2C)ccc1F. The summed E-state index contributed by atoms with van der Waals surface area (Å²) in [6.45, 7) is 8.03. The van der Waals surface area contributed by atoms with Crippen LogP contribution in [0, 0.1) is 11.7 Å². The van der Waals surface area contributed by atoms with Crippen molar-refractivity contribution in [2.24, 2.45) is 5.92 Å². The van der Waals surface area contributed by atoms with Gasteiger partial charge in [0.05, 0.1) is 12.4 Å². The number of carbonyl (C=O) groups excluding carboxylic acids is 2. The van der Waals surface area contributed by atoms with Gasteiger partial charge in [-0.15, -0.1) is 0 Å². The molecule has 1 aromatic rings. The monoisotopic (exact) mass is 457 g/mol. The molecule has 1 saturated heterocycles. The van der Waals surface area contributed by atoms with E-state index in [2.05, 4.69) is 10.0 Å². The van der Waals surface area contributed by atoms with E-state index in [1.165, 1.54) is 23.1 Å².